The highest BCUT2D eigenvalue weighted by Gasteiger charge is 2.19. The Kier molecular flexibility index (Phi) is 3.38. The molecule has 0 N–H and O–H groups in total. The summed E-state index contributed by atoms with van der Waals surface area (Å²) < 4.78 is 33.8. The van der Waals surface area contributed by atoms with Gasteiger partial charge < -0.3 is 0 Å². The number of rotatable bonds is 3. The Morgan fingerprint density at radius 2 is 1.93 bits per heavy atom. The molecule has 0 radical (unpaired) electrons. The number of hydrogen-bond donors (Lipinski definition) is 0. The van der Waals surface area contributed by atoms with Crippen LogP contribution in [0.15, 0.2) is 8.68 Å². The summed E-state index contributed by atoms with van der Waals surface area (Å²) in [6.45, 7) is 3.55. The Bertz CT molecular complexity index is 449. The zero-order valence-corrected chi connectivity index (χ0v) is 10.4. The standard InChI is InChI=1S/C6H10N2O3S3/c1-4(2)13(9)5-7-8-6(12-5)14(3,10)11/h4H,1-3H3. The van der Waals surface area contributed by atoms with Crippen LogP contribution in [0.5, 0.6) is 0 Å². The largest absolute Gasteiger partial charge is 0.252 e. The molecule has 8 heteroatoms. The Morgan fingerprint density at radius 3 is 2.29 bits per heavy atom. The van der Waals surface area contributed by atoms with E-state index in [1.54, 1.807) is 13.8 Å². The molecule has 0 bridgehead atoms. The van der Waals surface area contributed by atoms with Crippen LogP contribution in [0.1, 0.15) is 13.8 Å². The molecule has 1 atom stereocenters. The van der Waals surface area contributed by atoms with Crippen LogP contribution in [0.2, 0.25) is 0 Å². The van der Waals surface area contributed by atoms with Gasteiger partial charge in [0.2, 0.25) is 18.5 Å². The average molecular weight is 254 g/mol. The number of aromatic nitrogens is 2. The molecule has 0 aliphatic heterocycles. The summed E-state index contributed by atoms with van der Waals surface area (Å²) in [7, 11) is -4.60. The molecule has 0 saturated heterocycles. The predicted octanol–water partition coefficient (Wildman–Crippen LogP) is 0.458. The van der Waals surface area contributed by atoms with Gasteiger partial charge in [0.15, 0.2) is 0 Å². The fraction of sp³-hybridized carbons (Fsp3) is 0.667. The Hall–Kier alpha value is -0.340. The van der Waals surface area contributed by atoms with Crippen molar-refractivity contribution < 1.29 is 12.6 Å². The van der Waals surface area contributed by atoms with E-state index in [4.69, 9.17) is 0 Å². The molecule has 80 valence electrons. The van der Waals surface area contributed by atoms with Crippen molar-refractivity contribution in [1.82, 2.24) is 10.2 Å². The van der Waals surface area contributed by atoms with Crippen molar-refractivity contribution in [2.45, 2.75) is 27.8 Å². The van der Waals surface area contributed by atoms with Crippen LogP contribution < -0.4 is 0 Å². The van der Waals surface area contributed by atoms with Gasteiger partial charge in [-0.15, -0.1) is 10.2 Å². The lowest BCUT2D eigenvalue weighted by Gasteiger charge is -1.98. The normalized spacial score (nSPS) is 14.6. The lowest BCUT2D eigenvalue weighted by molar-refractivity contribution is 0.599. The molecular formula is C6H10N2O3S3. The lowest BCUT2D eigenvalue weighted by atomic mass is 10.6. The van der Waals surface area contributed by atoms with Crippen molar-refractivity contribution in [3.63, 3.8) is 0 Å². The molecule has 1 unspecified atom stereocenters. The second-order valence-corrected chi connectivity index (χ2v) is 8.30. The fourth-order valence-corrected chi connectivity index (χ4v) is 3.80. The highest BCUT2D eigenvalue weighted by atomic mass is 32.2. The van der Waals surface area contributed by atoms with Gasteiger partial charge in [0, 0.05) is 11.5 Å². The lowest BCUT2D eigenvalue weighted by Crippen LogP contribution is -2.04. The molecule has 0 spiro atoms. The van der Waals surface area contributed by atoms with Gasteiger partial charge in [-0.3, -0.25) is 4.21 Å². The van der Waals surface area contributed by atoms with Crippen molar-refractivity contribution in [2.75, 3.05) is 6.26 Å². The van der Waals surface area contributed by atoms with Gasteiger partial charge >= 0.3 is 0 Å². The Morgan fingerprint density at radius 1 is 1.36 bits per heavy atom. The monoisotopic (exact) mass is 254 g/mol. The molecular weight excluding hydrogens is 244 g/mol. The molecule has 0 fully saturated rings. The first-order valence-corrected chi connectivity index (χ1v) is 7.68. The van der Waals surface area contributed by atoms with Crippen LogP contribution >= 0.6 is 11.3 Å². The van der Waals surface area contributed by atoms with Crippen molar-refractivity contribution in [2.24, 2.45) is 0 Å². The van der Waals surface area contributed by atoms with E-state index in [1.165, 1.54) is 0 Å². The van der Waals surface area contributed by atoms with Gasteiger partial charge in [-0.2, -0.15) is 0 Å². The minimum atomic E-state index is -3.33. The van der Waals surface area contributed by atoms with Crippen LogP contribution in [0.3, 0.4) is 0 Å². The number of sulfone groups is 1. The van der Waals surface area contributed by atoms with E-state index in [-0.39, 0.29) is 13.9 Å². The smallest absolute Gasteiger partial charge is 0.233 e. The molecule has 0 aromatic carbocycles. The summed E-state index contributed by atoms with van der Waals surface area (Å²) in [5, 5.41) is 6.98. The summed E-state index contributed by atoms with van der Waals surface area (Å²) >= 11 is 0.866. The highest BCUT2D eigenvalue weighted by Crippen LogP contribution is 2.20. The maximum atomic E-state index is 11.5. The zero-order chi connectivity index (χ0) is 10.9. The summed E-state index contributed by atoms with van der Waals surface area (Å²) in [5.41, 5.74) is 0. The van der Waals surface area contributed by atoms with Gasteiger partial charge in [-0.05, 0) is 0 Å². The van der Waals surface area contributed by atoms with Crippen LogP contribution in [-0.2, 0) is 20.6 Å². The molecule has 1 aromatic rings. The van der Waals surface area contributed by atoms with Gasteiger partial charge in [0.05, 0.1) is 10.8 Å². The second kappa shape index (κ2) is 4.03. The van der Waals surface area contributed by atoms with Crippen molar-refractivity contribution in [3.8, 4) is 0 Å². The van der Waals surface area contributed by atoms with Gasteiger partial charge in [-0.25, -0.2) is 8.42 Å². The van der Waals surface area contributed by atoms with Crippen molar-refractivity contribution >= 4 is 32.0 Å². The minimum Gasteiger partial charge on any atom is -0.252 e. The first-order valence-electron chi connectivity index (χ1n) is 3.76. The first-order chi connectivity index (χ1) is 6.32. The van der Waals surface area contributed by atoms with E-state index in [2.05, 4.69) is 10.2 Å². The van der Waals surface area contributed by atoms with E-state index in [1.807, 2.05) is 0 Å². The van der Waals surface area contributed by atoms with Crippen molar-refractivity contribution in [3.05, 3.63) is 0 Å². The van der Waals surface area contributed by atoms with Crippen LogP contribution in [-0.4, -0.2) is 34.3 Å². The quantitative estimate of drug-likeness (QED) is 0.783. The molecule has 0 amide bonds. The van der Waals surface area contributed by atoms with Crippen molar-refractivity contribution in [1.29, 1.82) is 0 Å². The summed E-state index contributed by atoms with van der Waals surface area (Å²) in [4.78, 5) is 0. The summed E-state index contributed by atoms with van der Waals surface area (Å²) in [5.74, 6) is 0. The number of nitrogens with zero attached hydrogens (tertiary/aromatic N) is 2. The third-order valence-electron chi connectivity index (χ3n) is 1.31. The van der Waals surface area contributed by atoms with Crippen LogP contribution in [0.25, 0.3) is 0 Å². The van der Waals surface area contributed by atoms with Gasteiger partial charge in [-0.1, -0.05) is 25.2 Å². The third-order valence-corrected chi connectivity index (χ3v) is 5.72. The van der Waals surface area contributed by atoms with E-state index in [0.717, 1.165) is 17.6 Å². The molecule has 1 rings (SSSR count). The zero-order valence-electron chi connectivity index (χ0n) is 7.92. The molecule has 5 nitrogen and oxygen atoms in total. The minimum absolute atomic E-state index is 0.0819. The first kappa shape index (κ1) is 11.7. The Balaban J connectivity index is 3.07. The maximum absolute atomic E-state index is 11.5. The molecule has 1 heterocycles. The van der Waals surface area contributed by atoms with Gasteiger partial charge in [0.25, 0.3) is 0 Å². The summed E-state index contributed by atoms with van der Waals surface area (Å²) in [6, 6.07) is 0. The second-order valence-electron chi connectivity index (χ2n) is 2.95. The van der Waals surface area contributed by atoms with E-state index in [0.29, 0.717) is 0 Å². The molecule has 14 heavy (non-hydrogen) atoms. The Labute approximate surface area is 88.9 Å². The van der Waals surface area contributed by atoms with Crippen LogP contribution in [0.4, 0.5) is 0 Å². The van der Waals surface area contributed by atoms with E-state index >= 15 is 0 Å². The molecule has 0 saturated carbocycles. The number of hydrogen-bond acceptors (Lipinski definition) is 6. The van der Waals surface area contributed by atoms with Crippen LogP contribution in [0, 0.1) is 0 Å². The predicted molar refractivity (Wildman–Crippen MR) is 54.6 cm³/mol. The fourth-order valence-electron chi connectivity index (χ4n) is 0.630. The van der Waals surface area contributed by atoms with E-state index < -0.39 is 20.6 Å². The molecule has 1 aromatic heterocycles. The highest BCUT2D eigenvalue weighted by molar-refractivity contribution is 7.93. The topological polar surface area (TPSA) is 77.0 Å². The molecule has 0 aliphatic carbocycles. The summed E-state index contributed by atoms with van der Waals surface area (Å²) in [6.07, 6.45) is 1.05. The third kappa shape index (κ3) is 2.58. The molecule has 0 aliphatic rings. The average Bonchev–Trinajstić information content (AvgIpc) is 2.49. The maximum Gasteiger partial charge on any atom is 0.233 e. The van der Waals surface area contributed by atoms with E-state index in [9.17, 15) is 12.6 Å². The SMILES string of the molecule is CC(C)S(=O)c1nnc(S(C)(=O)=O)s1. The van der Waals surface area contributed by atoms with Gasteiger partial charge in [0.1, 0.15) is 0 Å².